The molecule has 20 heavy (non-hydrogen) atoms. The van der Waals surface area contributed by atoms with Gasteiger partial charge in [-0.2, -0.15) is 0 Å². The summed E-state index contributed by atoms with van der Waals surface area (Å²) in [7, 11) is 0. The van der Waals surface area contributed by atoms with E-state index in [4.69, 9.17) is 0 Å². The topological polar surface area (TPSA) is 34.1 Å². The third kappa shape index (κ3) is 2.42. The number of benzene rings is 2. The number of hydrogen-bond donors (Lipinski definition) is 0. The van der Waals surface area contributed by atoms with Gasteiger partial charge in [0.2, 0.25) is 0 Å². The monoisotopic (exact) mass is 266 g/mol. The molecule has 0 aromatic heterocycles. The van der Waals surface area contributed by atoms with E-state index in [1.807, 2.05) is 67.6 Å². The number of aldehydes is 1. The summed E-state index contributed by atoms with van der Waals surface area (Å²) in [6, 6.07) is 19.1. The van der Waals surface area contributed by atoms with E-state index in [0.717, 1.165) is 17.4 Å². The molecule has 0 unspecified atom stereocenters. The zero-order valence-corrected chi connectivity index (χ0v) is 11.6. The Hall–Kier alpha value is -2.22. The predicted molar refractivity (Wildman–Crippen MR) is 79.6 cm³/mol. The smallest absolute Gasteiger partial charge is 0.147 e. The van der Waals surface area contributed by atoms with Crippen molar-refractivity contribution in [3.8, 4) is 0 Å². The van der Waals surface area contributed by atoms with Gasteiger partial charge in [-0.15, -0.1) is 0 Å². The highest BCUT2D eigenvalue weighted by atomic mass is 16.1. The van der Waals surface area contributed by atoms with E-state index in [1.54, 1.807) is 0 Å². The fourth-order valence-electron chi connectivity index (χ4n) is 2.71. The van der Waals surface area contributed by atoms with Crippen LogP contribution in [-0.2, 0) is 15.0 Å². The van der Waals surface area contributed by atoms with Crippen LogP contribution < -0.4 is 0 Å². The van der Waals surface area contributed by atoms with Crippen LogP contribution in [0, 0.1) is 0 Å². The Balaban J connectivity index is 2.69. The van der Waals surface area contributed by atoms with Crippen LogP contribution >= 0.6 is 0 Å². The van der Waals surface area contributed by atoms with E-state index < -0.39 is 5.41 Å². The Labute approximate surface area is 119 Å². The summed E-state index contributed by atoms with van der Waals surface area (Å²) in [6.07, 6.45) is 1.42. The average Bonchev–Trinajstić information content (AvgIpc) is 2.53. The maximum atomic E-state index is 12.7. The number of rotatable bonds is 6. The molecule has 0 aliphatic rings. The summed E-state index contributed by atoms with van der Waals surface area (Å²) < 4.78 is 0. The Morgan fingerprint density at radius 1 is 0.950 bits per heavy atom. The third-order valence-corrected chi connectivity index (χ3v) is 3.72. The van der Waals surface area contributed by atoms with Gasteiger partial charge >= 0.3 is 0 Å². The molecule has 0 atom stereocenters. The molecule has 0 aliphatic heterocycles. The van der Waals surface area contributed by atoms with E-state index in [2.05, 4.69) is 0 Å². The second-order valence-corrected chi connectivity index (χ2v) is 4.78. The molecule has 102 valence electrons. The lowest BCUT2D eigenvalue weighted by molar-refractivity contribution is -0.125. The van der Waals surface area contributed by atoms with E-state index in [9.17, 15) is 9.59 Å². The SMILES string of the molecule is CCC(=O)C(CC=O)(c1ccccc1)c1ccccc1. The van der Waals surface area contributed by atoms with Gasteiger partial charge in [-0.05, 0) is 11.1 Å². The number of carbonyl (C=O) groups is 2. The molecule has 2 aromatic carbocycles. The number of Topliss-reactive ketones (excluding diaryl/α,β-unsaturated/α-hetero) is 1. The lowest BCUT2D eigenvalue weighted by Gasteiger charge is -2.31. The molecular weight excluding hydrogens is 248 g/mol. The summed E-state index contributed by atoms with van der Waals surface area (Å²) in [5.74, 6) is 0.0713. The predicted octanol–water partition coefficient (Wildman–Crippen LogP) is 3.54. The number of ketones is 1. The van der Waals surface area contributed by atoms with Crippen LogP contribution in [0.2, 0.25) is 0 Å². The van der Waals surface area contributed by atoms with E-state index in [0.29, 0.717) is 6.42 Å². The van der Waals surface area contributed by atoms with Crippen molar-refractivity contribution in [3.63, 3.8) is 0 Å². The summed E-state index contributed by atoms with van der Waals surface area (Å²) in [5, 5.41) is 0. The zero-order valence-electron chi connectivity index (χ0n) is 11.6. The maximum absolute atomic E-state index is 12.7. The Morgan fingerprint density at radius 2 is 1.40 bits per heavy atom. The van der Waals surface area contributed by atoms with Crippen LogP contribution in [0.5, 0.6) is 0 Å². The standard InChI is InChI=1S/C18H18O2/c1-2-17(20)18(13-14-19,15-9-5-3-6-10-15)16-11-7-4-8-12-16/h3-12,14H,2,13H2,1H3. The molecule has 0 saturated heterocycles. The highest BCUT2D eigenvalue weighted by Crippen LogP contribution is 2.36. The molecule has 2 rings (SSSR count). The fraction of sp³-hybridized carbons (Fsp3) is 0.222. The first-order valence-corrected chi connectivity index (χ1v) is 6.83. The van der Waals surface area contributed by atoms with Crippen molar-refractivity contribution in [2.45, 2.75) is 25.2 Å². The molecule has 0 radical (unpaired) electrons. The van der Waals surface area contributed by atoms with Crippen molar-refractivity contribution in [2.75, 3.05) is 0 Å². The van der Waals surface area contributed by atoms with Crippen molar-refractivity contribution in [2.24, 2.45) is 0 Å². The first kappa shape index (κ1) is 14.2. The van der Waals surface area contributed by atoms with Gasteiger partial charge in [-0.3, -0.25) is 4.79 Å². The largest absolute Gasteiger partial charge is 0.303 e. The summed E-state index contributed by atoms with van der Waals surface area (Å²) >= 11 is 0. The van der Waals surface area contributed by atoms with Crippen LogP contribution in [0.15, 0.2) is 60.7 Å². The Kier molecular flexibility index (Phi) is 4.46. The van der Waals surface area contributed by atoms with Gasteiger partial charge in [-0.1, -0.05) is 67.6 Å². The summed E-state index contributed by atoms with van der Waals surface area (Å²) in [6.45, 7) is 1.84. The van der Waals surface area contributed by atoms with Crippen LogP contribution in [0.1, 0.15) is 30.9 Å². The van der Waals surface area contributed by atoms with Crippen LogP contribution in [0.4, 0.5) is 0 Å². The Bertz CT molecular complexity index is 533. The molecule has 0 saturated carbocycles. The molecule has 2 heteroatoms. The van der Waals surface area contributed by atoms with Gasteiger partial charge in [0, 0.05) is 12.8 Å². The van der Waals surface area contributed by atoms with E-state index >= 15 is 0 Å². The van der Waals surface area contributed by atoms with Gasteiger partial charge in [0.25, 0.3) is 0 Å². The minimum Gasteiger partial charge on any atom is -0.303 e. The summed E-state index contributed by atoms with van der Waals surface area (Å²) in [4.78, 5) is 23.9. The molecule has 0 aliphatic carbocycles. The van der Waals surface area contributed by atoms with Crippen molar-refractivity contribution in [3.05, 3.63) is 71.8 Å². The minimum absolute atomic E-state index is 0.0713. The molecule has 2 nitrogen and oxygen atoms in total. The first-order valence-electron chi connectivity index (χ1n) is 6.83. The normalized spacial score (nSPS) is 11.1. The van der Waals surface area contributed by atoms with Crippen LogP contribution in [0.3, 0.4) is 0 Å². The van der Waals surface area contributed by atoms with Gasteiger partial charge in [-0.25, -0.2) is 0 Å². The first-order chi connectivity index (χ1) is 9.75. The maximum Gasteiger partial charge on any atom is 0.147 e. The summed E-state index contributed by atoms with van der Waals surface area (Å²) in [5.41, 5.74) is 0.897. The molecule has 0 spiro atoms. The molecule has 0 amide bonds. The third-order valence-electron chi connectivity index (χ3n) is 3.72. The second kappa shape index (κ2) is 6.29. The minimum atomic E-state index is -0.862. The molecule has 0 bridgehead atoms. The molecule has 2 aromatic rings. The second-order valence-electron chi connectivity index (χ2n) is 4.78. The van der Waals surface area contributed by atoms with Gasteiger partial charge in [0.05, 0.1) is 5.41 Å². The molecular formula is C18H18O2. The lowest BCUT2D eigenvalue weighted by Crippen LogP contribution is -2.37. The van der Waals surface area contributed by atoms with Crippen molar-refractivity contribution >= 4 is 12.1 Å². The van der Waals surface area contributed by atoms with Gasteiger partial charge in [0.1, 0.15) is 12.1 Å². The van der Waals surface area contributed by atoms with Crippen molar-refractivity contribution in [1.82, 2.24) is 0 Å². The van der Waals surface area contributed by atoms with Gasteiger partial charge in [0.15, 0.2) is 0 Å². The van der Waals surface area contributed by atoms with Crippen molar-refractivity contribution in [1.29, 1.82) is 0 Å². The lowest BCUT2D eigenvalue weighted by atomic mass is 9.68. The van der Waals surface area contributed by atoms with Crippen LogP contribution in [0.25, 0.3) is 0 Å². The van der Waals surface area contributed by atoms with E-state index in [-0.39, 0.29) is 12.2 Å². The Morgan fingerprint density at radius 3 is 1.75 bits per heavy atom. The van der Waals surface area contributed by atoms with Gasteiger partial charge < -0.3 is 4.79 Å². The molecule has 0 fully saturated rings. The van der Waals surface area contributed by atoms with Crippen LogP contribution in [-0.4, -0.2) is 12.1 Å². The zero-order chi connectivity index (χ0) is 14.4. The van der Waals surface area contributed by atoms with E-state index in [1.165, 1.54) is 0 Å². The number of hydrogen-bond acceptors (Lipinski definition) is 2. The highest BCUT2D eigenvalue weighted by molar-refractivity contribution is 5.95. The van der Waals surface area contributed by atoms with Crippen molar-refractivity contribution < 1.29 is 9.59 Å². The average molecular weight is 266 g/mol. The number of carbonyl (C=O) groups excluding carboxylic acids is 2. The quantitative estimate of drug-likeness (QED) is 0.749. The highest BCUT2D eigenvalue weighted by Gasteiger charge is 2.39. The molecule has 0 N–H and O–H groups in total. The fourth-order valence-corrected chi connectivity index (χ4v) is 2.71. The molecule has 0 heterocycles.